The number of rotatable bonds is 3. The van der Waals surface area contributed by atoms with Crippen molar-refractivity contribution < 1.29 is 4.79 Å². The smallest absolute Gasteiger partial charge is 0.239 e. The molecule has 4 nitrogen and oxygen atoms in total. The third kappa shape index (κ3) is 4.26. The molecule has 5 heteroatoms. The lowest BCUT2D eigenvalue weighted by atomic mass is 10.1. The van der Waals surface area contributed by atoms with Crippen molar-refractivity contribution in [3.05, 3.63) is 0 Å². The quantitative estimate of drug-likeness (QED) is 0.622. The van der Waals surface area contributed by atoms with Gasteiger partial charge in [0, 0.05) is 6.54 Å². The zero-order valence-corrected chi connectivity index (χ0v) is 9.62. The third-order valence-electron chi connectivity index (χ3n) is 2.30. The van der Waals surface area contributed by atoms with Gasteiger partial charge in [0.2, 0.25) is 5.91 Å². The van der Waals surface area contributed by atoms with Crippen molar-refractivity contribution in [3.63, 3.8) is 0 Å². The van der Waals surface area contributed by atoms with Gasteiger partial charge in [0.1, 0.15) is 0 Å². The van der Waals surface area contributed by atoms with Gasteiger partial charge in [-0.25, -0.2) is 0 Å². The average Bonchev–Trinajstić information content (AvgIpc) is 2.50. The molecule has 0 aromatic heterocycles. The summed E-state index contributed by atoms with van der Waals surface area (Å²) in [7, 11) is 0. The van der Waals surface area contributed by atoms with Gasteiger partial charge in [-0.1, -0.05) is 0 Å². The number of hydrogen-bond donors (Lipinski definition) is 3. The van der Waals surface area contributed by atoms with Crippen molar-refractivity contribution in [2.75, 3.05) is 19.6 Å². The summed E-state index contributed by atoms with van der Waals surface area (Å²) in [5, 5.41) is 6.11. The van der Waals surface area contributed by atoms with Crippen LogP contribution < -0.4 is 16.4 Å². The molecule has 1 heterocycles. The van der Waals surface area contributed by atoms with Gasteiger partial charge >= 0.3 is 0 Å². The van der Waals surface area contributed by atoms with Gasteiger partial charge in [0.15, 0.2) is 0 Å². The number of nitrogens with two attached hydrogens (primary N) is 1. The van der Waals surface area contributed by atoms with Crippen LogP contribution in [0.15, 0.2) is 0 Å². The highest BCUT2D eigenvalue weighted by Crippen LogP contribution is 2.06. The van der Waals surface area contributed by atoms with E-state index in [1.807, 2.05) is 0 Å². The fraction of sp³-hybridized carbons (Fsp3) is 0.889. The molecule has 0 aromatic rings. The number of carbonyl (C=O) groups excluding carboxylic acids is 1. The Kier molecular flexibility index (Phi) is 5.41. The van der Waals surface area contributed by atoms with Gasteiger partial charge in [-0.05, 0) is 39.3 Å². The molecule has 4 N–H and O–H groups in total. The maximum atomic E-state index is 11.4. The lowest BCUT2D eigenvalue weighted by Crippen LogP contribution is -2.50. The Hall–Kier alpha value is -0.320. The van der Waals surface area contributed by atoms with E-state index in [2.05, 4.69) is 10.6 Å². The van der Waals surface area contributed by atoms with Gasteiger partial charge < -0.3 is 16.4 Å². The molecule has 1 aliphatic rings. The SMILES string of the molecule is CC(C)(N)C(=O)NCC1CCNC1.Cl. The van der Waals surface area contributed by atoms with Crippen molar-refractivity contribution >= 4 is 18.3 Å². The molecule has 84 valence electrons. The van der Waals surface area contributed by atoms with Gasteiger partial charge in [0.25, 0.3) is 0 Å². The maximum Gasteiger partial charge on any atom is 0.239 e. The van der Waals surface area contributed by atoms with Gasteiger partial charge in [-0.15, -0.1) is 12.4 Å². The highest BCUT2D eigenvalue weighted by atomic mass is 35.5. The van der Waals surface area contributed by atoms with Crippen LogP contribution in [0.1, 0.15) is 20.3 Å². The lowest BCUT2D eigenvalue weighted by Gasteiger charge is -2.19. The molecular formula is C9H20ClN3O. The van der Waals surface area contributed by atoms with Gasteiger partial charge in [0.05, 0.1) is 5.54 Å². The lowest BCUT2D eigenvalue weighted by molar-refractivity contribution is -0.125. The predicted molar refractivity (Wildman–Crippen MR) is 59.5 cm³/mol. The van der Waals surface area contributed by atoms with Crippen LogP contribution >= 0.6 is 12.4 Å². The first-order chi connectivity index (χ1) is 6.00. The minimum Gasteiger partial charge on any atom is -0.354 e. The van der Waals surface area contributed by atoms with Crippen LogP contribution in [0.5, 0.6) is 0 Å². The van der Waals surface area contributed by atoms with E-state index in [-0.39, 0.29) is 18.3 Å². The fourth-order valence-corrected chi connectivity index (χ4v) is 1.35. The Morgan fingerprint density at radius 2 is 2.29 bits per heavy atom. The number of nitrogens with one attached hydrogen (secondary N) is 2. The van der Waals surface area contributed by atoms with Crippen LogP contribution in [0, 0.1) is 5.92 Å². The maximum absolute atomic E-state index is 11.4. The zero-order chi connectivity index (χ0) is 9.90. The molecule has 1 amide bonds. The van der Waals surface area contributed by atoms with Crippen LogP contribution in [0.25, 0.3) is 0 Å². The van der Waals surface area contributed by atoms with E-state index >= 15 is 0 Å². The van der Waals surface area contributed by atoms with Crippen molar-refractivity contribution in [1.29, 1.82) is 0 Å². The number of amides is 1. The average molecular weight is 222 g/mol. The van der Waals surface area contributed by atoms with Gasteiger partial charge in [-0.3, -0.25) is 4.79 Å². The van der Waals surface area contributed by atoms with Crippen LogP contribution in [0.2, 0.25) is 0 Å². The van der Waals surface area contributed by atoms with E-state index in [1.54, 1.807) is 13.8 Å². The Bertz CT molecular complexity index is 185. The number of halogens is 1. The van der Waals surface area contributed by atoms with Crippen LogP contribution in [-0.4, -0.2) is 31.1 Å². The van der Waals surface area contributed by atoms with E-state index in [4.69, 9.17) is 5.73 Å². The molecule has 1 unspecified atom stereocenters. The molecule has 1 fully saturated rings. The molecule has 0 saturated carbocycles. The van der Waals surface area contributed by atoms with Crippen LogP contribution in [-0.2, 0) is 4.79 Å². The fourth-order valence-electron chi connectivity index (χ4n) is 1.35. The molecule has 1 saturated heterocycles. The Balaban J connectivity index is 0.00000169. The zero-order valence-electron chi connectivity index (χ0n) is 8.80. The summed E-state index contributed by atoms with van der Waals surface area (Å²) in [6, 6.07) is 0. The highest BCUT2D eigenvalue weighted by molar-refractivity contribution is 5.85. The van der Waals surface area contributed by atoms with Crippen molar-refractivity contribution in [2.24, 2.45) is 11.7 Å². The predicted octanol–water partition coefficient (Wildman–Crippen LogP) is -0.129. The largest absolute Gasteiger partial charge is 0.354 e. The summed E-state index contributed by atoms with van der Waals surface area (Å²) >= 11 is 0. The van der Waals surface area contributed by atoms with Crippen molar-refractivity contribution in [1.82, 2.24) is 10.6 Å². The van der Waals surface area contributed by atoms with Crippen LogP contribution in [0.3, 0.4) is 0 Å². The molecule has 0 bridgehead atoms. The second kappa shape index (κ2) is 5.53. The number of hydrogen-bond acceptors (Lipinski definition) is 3. The summed E-state index contributed by atoms with van der Waals surface area (Å²) in [6.07, 6.45) is 1.14. The summed E-state index contributed by atoms with van der Waals surface area (Å²) in [5.74, 6) is 0.505. The first-order valence-corrected chi connectivity index (χ1v) is 4.78. The summed E-state index contributed by atoms with van der Waals surface area (Å²) in [5.41, 5.74) is 4.88. The molecule has 0 spiro atoms. The van der Waals surface area contributed by atoms with E-state index in [0.717, 1.165) is 26.1 Å². The molecule has 1 atom stereocenters. The standard InChI is InChI=1S/C9H19N3O.ClH/c1-9(2,10)8(13)12-6-7-3-4-11-5-7;/h7,11H,3-6,10H2,1-2H3,(H,12,13);1H. The van der Waals surface area contributed by atoms with Gasteiger partial charge in [-0.2, -0.15) is 0 Å². The third-order valence-corrected chi connectivity index (χ3v) is 2.30. The van der Waals surface area contributed by atoms with Crippen molar-refractivity contribution in [2.45, 2.75) is 25.8 Å². The minimum atomic E-state index is -0.758. The Morgan fingerprint density at radius 1 is 1.64 bits per heavy atom. The topological polar surface area (TPSA) is 67.2 Å². The summed E-state index contributed by atoms with van der Waals surface area (Å²) in [6.45, 7) is 6.24. The monoisotopic (exact) mass is 221 g/mol. The second-order valence-electron chi connectivity index (χ2n) is 4.29. The van der Waals surface area contributed by atoms with Crippen molar-refractivity contribution in [3.8, 4) is 0 Å². The highest BCUT2D eigenvalue weighted by Gasteiger charge is 2.23. The summed E-state index contributed by atoms with van der Waals surface area (Å²) in [4.78, 5) is 11.4. The normalized spacial score (nSPS) is 21.5. The molecule has 14 heavy (non-hydrogen) atoms. The molecule has 0 radical (unpaired) electrons. The first kappa shape index (κ1) is 13.7. The molecule has 0 aliphatic carbocycles. The minimum absolute atomic E-state index is 0. The summed E-state index contributed by atoms with van der Waals surface area (Å²) < 4.78 is 0. The molecule has 0 aromatic carbocycles. The van der Waals surface area contributed by atoms with E-state index in [0.29, 0.717) is 5.92 Å². The Labute approximate surface area is 91.4 Å². The van der Waals surface area contributed by atoms with E-state index in [9.17, 15) is 4.79 Å². The molecular weight excluding hydrogens is 202 g/mol. The van der Waals surface area contributed by atoms with E-state index < -0.39 is 5.54 Å². The van der Waals surface area contributed by atoms with E-state index in [1.165, 1.54) is 0 Å². The second-order valence-corrected chi connectivity index (χ2v) is 4.29. The first-order valence-electron chi connectivity index (χ1n) is 4.78. The molecule has 1 aliphatic heterocycles. The Morgan fingerprint density at radius 3 is 2.71 bits per heavy atom. The number of carbonyl (C=O) groups is 1. The molecule has 1 rings (SSSR count). The van der Waals surface area contributed by atoms with Crippen LogP contribution in [0.4, 0.5) is 0 Å².